The Kier molecular flexibility index (Phi) is 4.52. The third kappa shape index (κ3) is 3.85. The van der Waals surface area contributed by atoms with Crippen molar-refractivity contribution in [2.75, 3.05) is 7.11 Å². The van der Waals surface area contributed by atoms with Crippen LogP contribution < -0.4 is 5.32 Å². The van der Waals surface area contributed by atoms with Crippen LogP contribution in [0.5, 0.6) is 0 Å². The van der Waals surface area contributed by atoms with E-state index in [1.807, 2.05) is 12.1 Å². The van der Waals surface area contributed by atoms with Crippen molar-refractivity contribution in [3.63, 3.8) is 0 Å². The van der Waals surface area contributed by atoms with Crippen LogP contribution >= 0.6 is 23.8 Å². The van der Waals surface area contributed by atoms with Crippen molar-refractivity contribution in [2.24, 2.45) is 0 Å². The van der Waals surface area contributed by atoms with Crippen LogP contribution in [0.3, 0.4) is 0 Å². The first-order valence-corrected chi connectivity index (χ1v) is 5.03. The average Bonchev–Trinajstić information content (AvgIpc) is 2.21. The number of carbonyl (C=O) groups is 1. The van der Waals surface area contributed by atoms with E-state index in [2.05, 4.69) is 10.1 Å². The topological polar surface area (TPSA) is 38.3 Å². The molecule has 0 saturated carbocycles. The van der Waals surface area contributed by atoms with Gasteiger partial charge >= 0.3 is 0 Å². The van der Waals surface area contributed by atoms with Crippen LogP contribution in [0.1, 0.15) is 5.56 Å². The molecule has 1 aromatic rings. The molecule has 0 aromatic heterocycles. The fraction of sp³-hybridized carbons (Fsp3) is 0.200. The number of methoxy groups -OCH3 is 1. The maximum absolute atomic E-state index is 11.4. The predicted molar refractivity (Wildman–Crippen MR) is 62.9 cm³/mol. The first-order chi connectivity index (χ1) is 7.13. The number of rotatable bonds is 2. The molecule has 0 atom stereocenters. The van der Waals surface area contributed by atoms with Gasteiger partial charge in [-0.05, 0) is 23.8 Å². The molecule has 1 aromatic carbocycles. The minimum absolute atomic E-state index is 0.0621. The Balaban J connectivity index is 2.59. The smallest absolute Gasteiger partial charge is 0.263 e. The van der Waals surface area contributed by atoms with Gasteiger partial charge in [-0.2, -0.15) is 0 Å². The van der Waals surface area contributed by atoms with Crippen LogP contribution in [0.4, 0.5) is 0 Å². The molecule has 1 rings (SSSR count). The van der Waals surface area contributed by atoms with E-state index in [0.717, 1.165) is 5.56 Å². The molecule has 15 heavy (non-hydrogen) atoms. The van der Waals surface area contributed by atoms with Crippen LogP contribution in [-0.2, 0) is 16.0 Å². The molecule has 0 aliphatic rings. The number of thiocarbonyl (C=S) groups is 1. The zero-order valence-corrected chi connectivity index (χ0v) is 9.69. The van der Waals surface area contributed by atoms with E-state index < -0.39 is 0 Å². The lowest BCUT2D eigenvalue weighted by molar-refractivity contribution is -0.119. The fourth-order valence-corrected chi connectivity index (χ4v) is 1.34. The van der Waals surface area contributed by atoms with Gasteiger partial charge in [0.15, 0.2) is 0 Å². The number of hydrogen-bond acceptors (Lipinski definition) is 3. The van der Waals surface area contributed by atoms with E-state index in [-0.39, 0.29) is 17.5 Å². The lowest BCUT2D eigenvalue weighted by atomic mass is 10.1. The molecule has 0 radical (unpaired) electrons. The van der Waals surface area contributed by atoms with Gasteiger partial charge in [0.25, 0.3) is 5.17 Å². The Morgan fingerprint density at radius 1 is 1.53 bits per heavy atom. The van der Waals surface area contributed by atoms with Gasteiger partial charge in [-0.25, -0.2) is 0 Å². The highest BCUT2D eigenvalue weighted by molar-refractivity contribution is 7.80. The van der Waals surface area contributed by atoms with Crippen molar-refractivity contribution in [1.29, 1.82) is 0 Å². The van der Waals surface area contributed by atoms with Crippen LogP contribution in [0.2, 0.25) is 5.02 Å². The molecule has 0 aliphatic heterocycles. The molecular weight excluding hydrogens is 234 g/mol. The Morgan fingerprint density at radius 3 is 2.80 bits per heavy atom. The molecule has 0 unspecified atom stereocenters. The minimum atomic E-state index is -0.241. The summed E-state index contributed by atoms with van der Waals surface area (Å²) in [5, 5.41) is 3.04. The van der Waals surface area contributed by atoms with Gasteiger partial charge in [0.1, 0.15) is 0 Å². The van der Waals surface area contributed by atoms with Crippen molar-refractivity contribution in [3.05, 3.63) is 34.9 Å². The summed E-state index contributed by atoms with van der Waals surface area (Å²) in [5.41, 5.74) is 0.760. The van der Waals surface area contributed by atoms with Gasteiger partial charge in [-0.15, -0.1) is 0 Å². The highest BCUT2D eigenvalue weighted by Gasteiger charge is 2.07. The fourth-order valence-electron chi connectivity index (χ4n) is 1.02. The minimum Gasteiger partial charge on any atom is -0.474 e. The summed E-state index contributed by atoms with van der Waals surface area (Å²) in [7, 11) is 1.40. The van der Waals surface area contributed by atoms with E-state index in [1.165, 1.54) is 7.11 Å². The summed E-state index contributed by atoms with van der Waals surface area (Å²) >= 11 is 10.6. The second kappa shape index (κ2) is 5.68. The number of hydrogen-bond donors (Lipinski definition) is 1. The van der Waals surface area contributed by atoms with Gasteiger partial charge in [0.05, 0.1) is 13.5 Å². The molecule has 0 heterocycles. The summed E-state index contributed by atoms with van der Waals surface area (Å²) in [5.74, 6) is -0.241. The van der Waals surface area contributed by atoms with E-state index in [0.29, 0.717) is 5.02 Å². The van der Waals surface area contributed by atoms with E-state index in [9.17, 15) is 4.79 Å². The van der Waals surface area contributed by atoms with Crippen molar-refractivity contribution < 1.29 is 9.53 Å². The van der Waals surface area contributed by atoms with Crippen molar-refractivity contribution in [2.45, 2.75) is 6.42 Å². The quantitative estimate of drug-likeness (QED) is 0.807. The second-order valence-corrected chi connectivity index (χ2v) is 3.59. The normalized spacial score (nSPS) is 9.47. The third-order valence-corrected chi connectivity index (χ3v) is 2.37. The molecule has 1 amide bonds. The molecule has 0 bridgehead atoms. The van der Waals surface area contributed by atoms with E-state index >= 15 is 0 Å². The lowest BCUT2D eigenvalue weighted by Gasteiger charge is -2.05. The van der Waals surface area contributed by atoms with Crippen molar-refractivity contribution in [1.82, 2.24) is 5.32 Å². The summed E-state index contributed by atoms with van der Waals surface area (Å²) in [4.78, 5) is 11.4. The first-order valence-electron chi connectivity index (χ1n) is 4.24. The lowest BCUT2D eigenvalue weighted by Crippen LogP contribution is -2.31. The van der Waals surface area contributed by atoms with Gasteiger partial charge in [-0.3, -0.25) is 10.1 Å². The molecule has 80 valence electrons. The molecule has 5 heteroatoms. The number of ether oxygens (including phenoxy) is 1. The SMILES string of the molecule is COC(=S)NC(=O)Cc1ccccc1Cl. The first kappa shape index (κ1) is 11.9. The standard InChI is InChI=1S/C10H10ClNO2S/c1-14-10(15)12-9(13)6-7-4-2-3-5-8(7)11/h2-5H,6H2,1H3,(H,12,13,15). The number of halogens is 1. The van der Waals surface area contributed by atoms with Crippen LogP contribution in [0.25, 0.3) is 0 Å². The Bertz CT molecular complexity index is 381. The summed E-state index contributed by atoms with van der Waals surface area (Å²) in [6.45, 7) is 0. The van der Waals surface area contributed by atoms with Crippen LogP contribution in [0, 0.1) is 0 Å². The van der Waals surface area contributed by atoms with Crippen LogP contribution in [-0.4, -0.2) is 18.2 Å². The summed E-state index contributed by atoms with van der Waals surface area (Å²) in [6.07, 6.45) is 0.184. The summed E-state index contributed by atoms with van der Waals surface area (Å²) < 4.78 is 4.66. The molecule has 0 spiro atoms. The van der Waals surface area contributed by atoms with Gasteiger partial charge in [0.2, 0.25) is 5.91 Å². The maximum atomic E-state index is 11.4. The van der Waals surface area contributed by atoms with Gasteiger partial charge < -0.3 is 4.74 Å². The van der Waals surface area contributed by atoms with Crippen LogP contribution in [0.15, 0.2) is 24.3 Å². The monoisotopic (exact) mass is 243 g/mol. The number of nitrogens with one attached hydrogen (secondary N) is 1. The third-order valence-electron chi connectivity index (χ3n) is 1.74. The molecule has 0 fully saturated rings. The number of carbonyl (C=O) groups excluding carboxylic acids is 1. The molecular formula is C10H10ClNO2S. The second-order valence-electron chi connectivity index (χ2n) is 2.81. The maximum Gasteiger partial charge on any atom is 0.263 e. The van der Waals surface area contributed by atoms with Crippen molar-refractivity contribution >= 4 is 34.9 Å². The zero-order chi connectivity index (χ0) is 11.3. The molecule has 0 aliphatic carbocycles. The number of amides is 1. The molecule has 0 saturated heterocycles. The molecule has 1 N–H and O–H groups in total. The average molecular weight is 244 g/mol. The highest BCUT2D eigenvalue weighted by atomic mass is 35.5. The zero-order valence-electron chi connectivity index (χ0n) is 8.12. The summed E-state index contributed by atoms with van der Waals surface area (Å²) in [6, 6.07) is 7.16. The highest BCUT2D eigenvalue weighted by Crippen LogP contribution is 2.15. The van der Waals surface area contributed by atoms with Crippen molar-refractivity contribution in [3.8, 4) is 0 Å². The van der Waals surface area contributed by atoms with Gasteiger partial charge in [-0.1, -0.05) is 29.8 Å². The van der Waals surface area contributed by atoms with E-state index in [1.54, 1.807) is 12.1 Å². The Labute approximate surface area is 98.4 Å². The van der Waals surface area contributed by atoms with E-state index in [4.69, 9.17) is 23.8 Å². The Morgan fingerprint density at radius 2 is 2.20 bits per heavy atom. The largest absolute Gasteiger partial charge is 0.474 e. The molecule has 3 nitrogen and oxygen atoms in total. The van der Waals surface area contributed by atoms with Gasteiger partial charge in [0, 0.05) is 5.02 Å². The predicted octanol–water partition coefficient (Wildman–Crippen LogP) is 1.93. The number of benzene rings is 1. The Hall–Kier alpha value is -1.13.